The highest BCUT2D eigenvalue weighted by molar-refractivity contribution is 7.79. The second-order valence-corrected chi connectivity index (χ2v) is 3.74. The number of carbonyl (C=O) groups is 1. The van der Waals surface area contributed by atoms with Crippen molar-refractivity contribution < 1.29 is 13.6 Å². The summed E-state index contributed by atoms with van der Waals surface area (Å²) in [6.07, 6.45) is 0. The van der Waals surface area contributed by atoms with E-state index in [-0.39, 0.29) is 5.91 Å². The Morgan fingerprint density at radius 3 is 2.77 bits per heavy atom. The van der Waals surface area contributed by atoms with E-state index < -0.39 is 16.5 Å². The molecule has 1 aromatic carbocycles. The summed E-state index contributed by atoms with van der Waals surface area (Å²) in [6, 6.07) is 6.77. The molecule has 0 spiro atoms. The molecule has 1 aromatic rings. The molecule has 0 aliphatic carbocycles. The van der Waals surface area contributed by atoms with Crippen LogP contribution >= 0.6 is 0 Å². The van der Waals surface area contributed by atoms with E-state index in [1.54, 1.807) is 24.3 Å². The maximum atomic E-state index is 11.2. The molecule has 2 N–H and O–H groups in total. The Morgan fingerprint density at radius 1 is 1.38 bits per heavy atom. The number of fused-ring (bicyclic) bond motifs is 1. The Morgan fingerprint density at radius 2 is 2.08 bits per heavy atom. The summed E-state index contributed by atoms with van der Waals surface area (Å²) >= 11 is -2.05. The molecule has 68 valence electrons. The fourth-order valence-corrected chi connectivity index (χ4v) is 2.00. The minimum absolute atomic E-state index is 0.289. The number of hydrogen-bond acceptors (Lipinski definition) is 2. The smallest absolute Gasteiger partial charge is 0.252 e. The maximum absolute atomic E-state index is 11.2. The highest BCUT2D eigenvalue weighted by atomic mass is 32.2. The van der Waals surface area contributed by atoms with Crippen molar-refractivity contribution in [1.29, 1.82) is 0 Å². The summed E-state index contributed by atoms with van der Waals surface area (Å²) in [6.45, 7) is 0. The second kappa shape index (κ2) is 2.93. The van der Waals surface area contributed by atoms with E-state index in [0.717, 1.165) is 0 Å². The molecule has 0 saturated carbocycles. The van der Waals surface area contributed by atoms with Crippen molar-refractivity contribution in [2.45, 2.75) is 5.37 Å². The summed E-state index contributed by atoms with van der Waals surface area (Å²) in [4.78, 5) is 11.2. The lowest BCUT2D eigenvalue weighted by Gasteiger charge is -2.04. The minimum atomic E-state index is -2.05. The standard InChI is InChI=1S/C8H7NO3S/c10-7-5-3-1-2-4-6(5)8(9-7)13(11)12/h1-4,8H,(H,9,10)(H,11,12). The van der Waals surface area contributed by atoms with Gasteiger partial charge >= 0.3 is 0 Å². The number of hydrogen-bond donors (Lipinski definition) is 2. The van der Waals surface area contributed by atoms with Gasteiger partial charge in [0.2, 0.25) is 0 Å². The van der Waals surface area contributed by atoms with Gasteiger partial charge in [-0.3, -0.25) is 4.79 Å². The van der Waals surface area contributed by atoms with Crippen LogP contribution in [-0.4, -0.2) is 14.7 Å². The molecule has 0 bridgehead atoms. The van der Waals surface area contributed by atoms with Crippen LogP contribution in [-0.2, 0) is 11.1 Å². The van der Waals surface area contributed by atoms with Crippen molar-refractivity contribution in [3.05, 3.63) is 35.4 Å². The van der Waals surface area contributed by atoms with E-state index in [2.05, 4.69) is 5.32 Å². The van der Waals surface area contributed by atoms with Gasteiger partial charge in [0.1, 0.15) is 0 Å². The van der Waals surface area contributed by atoms with Crippen LogP contribution in [0.1, 0.15) is 21.3 Å². The Labute approximate surface area is 77.2 Å². The number of rotatable bonds is 1. The fraction of sp³-hybridized carbons (Fsp3) is 0.125. The van der Waals surface area contributed by atoms with Gasteiger partial charge in [-0.1, -0.05) is 18.2 Å². The molecule has 5 heteroatoms. The molecule has 0 radical (unpaired) electrons. The van der Waals surface area contributed by atoms with Gasteiger partial charge in [0.25, 0.3) is 5.91 Å². The van der Waals surface area contributed by atoms with Gasteiger partial charge in [-0.15, -0.1) is 0 Å². The lowest BCUT2D eigenvalue weighted by atomic mass is 10.1. The Bertz CT molecular complexity index is 391. The Hall–Kier alpha value is -1.20. The molecule has 1 heterocycles. The zero-order chi connectivity index (χ0) is 9.42. The zero-order valence-corrected chi connectivity index (χ0v) is 7.38. The van der Waals surface area contributed by atoms with Crippen LogP contribution in [0.4, 0.5) is 0 Å². The molecule has 2 unspecified atom stereocenters. The predicted octanol–water partition coefficient (Wildman–Crippen LogP) is 0.650. The average Bonchev–Trinajstić information content (AvgIpc) is 2.45. The molecule has 1 aliphatic heterocycles. The number of nitrogens with one attached hydrogen (secondary N) is 1. The summed E-state index contributed by atoms with van der Waals surface area (Å²) in [5.74, 6) is -0.289. The van der Waals surface area contributed by atoms with Gasteiger partial charge in [0.15, 0.2) is 16.5 Å². The van der Waals surface area contributed by atoms with Crippen LogP contribution in [0.3, 0.4) is 0 Å². The Balaban J connectivity index is 2.53. The number of benzene rings is 1. The van der Waals surface area contributed by atoms with Gasteiger partial charge in [-0.05, 0) is 6.07 Å². The topological polar surface area (TPSA) is 66.4 Å². The Kier molecular flexibility index (Phi) is 1.90. The summed E-state index contributed by atoms with van der Waals surface area (Å²) in [5.41, 5.74) is 1.07. The van der Waals surface area contributed by atoms with E-state index in [9.17, 15) is 9.00 Å². The van der Waals surface area contributed by atoms with Crippen LogP contribution in [0.2, 0.25) is 0 Å². The van der Waals surface area contributed by atoms with Gasteiger partial charge in [-0.25, -0.2) is 4.21 Å². The van der Waals surface area contributed by atoms with Crippen molar-refractivity contribution in [3.8, 4) is 0 Å². The highest BCUT2D eigenvalue weighted by Crippen LogP contribution is 2.26. The highest BCUT2D eigenvalue weighted by Gasteiger charge is 2.31. The van der Waals surface area contributed by atoms with E-state index in [1.165, 1.54) is 0 Å². The van der Waals surface area contributed by atoms with Gasteiger partial charge in [-0.2, -0.15) is 0 Å². The van der Waals surface area contributed by atoms with Crippen LogP contribution in [0, 0.1) is 0 Å². The van der Waals surface area contributed by atoms with Crippen LogP contribution in [0.5, 0.6) is 0 Å². The largest absolute Gasteiger partial charge is 0.332 e. The molecule has 2 rings (SSSR count). The van der Waals surface area contributed by atoms with Crippen molar-refractivity contribution in [3.63, 3.8) is 0 Å². The number of carbonyl (C=O) groups excluding carboxylic acids is 1. The van der Waals surface area contributed by atoms with Crippen molar-refractivity contribution in [2.24, 2.45) is 0 Å². The molecular weight excluding hydrogens is 190 g/mol. The minimum Gasteiger partial charge on any atom is -0.332 e. The zero-order valence-electron chi connectivity index (χ0n) is 6.56. The summed E-state index contributed by atoms with van der Waals surface area (Å²) < 4.78 is 19.7. The first-order valence-corrected chi connectivity index (χ1v) is 4.86. The molecule has 1 amide bonds. The quantitative estimate of drug-likeness (QED) is 0.649. The van der Waals surface area contributed by atoms with E-state index >= 15 is 0 Å². The van der Waals surface area contributed by atoms with Crippen molar-refractivity contribution in [2.75, 3.05) is 0 Å². The molecule has 1 aliphatic rings. The third-order valence-corrected chi connectivity index (χ3v) is 2.73. The SMILES string of the molecule is O=C1NC(S(=O)O)c2ccccc21. The second-order valence-electron chi connectivity index (χ2n) is 2.72. The van der Waals surface area contributed by atoms with Gasteiger partial charge in [0.05, 0.1) is 0 Å². The number of amides is 1. The first-order valence-electron chi connectivity index (χ1n) is 3.69. The monoisotopic (exact) mass is 197 g/mol. The van der Waals surface area contributed by atoms with Crippen molar-refractivity contribution in [1.82, 2.24) is 5.32 Å². The third-order valence-electron chi connectivity index (χ3n) is 1.95. The van der Waals surface area contributed by atoms with Gasteiger partial charge in [0, 0.05) is 11.1 Å². The molecule has 0 fully saturated rings. The molecule has 2 atom stereocenters. The van der Waals surface area contributed by atoms with E-state index in [4.69, 9.17) is 4.55 Å². The first kappa shape index (κ1) is 8.40. The van der Waals surface area contributed by atoms with Crippen molar-refractivity contribution >= 4 is 17.0 Å². The molecule has 13 heavy (non-hydrogen) atoms. The lowest BCUT2D eigenvalue weighted by molar-refractivity contribution is 0.0963. The lowest BCUT2D eigenvalue weighted by Crippen LogP contribution is -2.22. The van der Waals surface area contributed by atoms with E-state index in [1.807, 2.05) is 0 Å². The maximum Gasteiger partial charge on any atom is 0.252 e. The molecule has 0 saturated heterocycles. The van der Waals surface area contributed by atoms with Crippen LogP contribution < -0.4 is 5.32 Å². The average molecular weight is 197 g/mol. The first-order chi connectivity index (χ1) is 6.20. The summed E-state index contributed by atoms with van der Waals surface area (Å²) in [5, 5.41) is 1.66. The summed E-state index contributed by atoms with van der Waals surface area (Å²) in [7, 11) is 0. The van der Waals surface area contributed by atoms with Gasteiger partial charge < -0.3 is 9.87 Å². The molecular formula is C8H7NO3S. The molecule has 4 nitrogen and oxygen atoms in total. The molecule has 0 aromatic heterocycles. The predicted molar refractivity (Wildman–Crippen MR) is 47.4 cm³/mol. The normalized spacial score (nSPS) is 22.2. The van der Waals surface area contributed by atoms with Crippen LogP contribution in [0.25, 0.3) is 0 Å². The third kappa shape index (κ3) is 1.26. The van der Waals surface area contributed by atoms with Crippen LogP contribution in [0.15, 0.2) is 24.3 Å². The van der Waals surface area contributed by atoms with E-state index in [0.29, 0.717) is 11.1 Å². The fourth-order valence-electron chi connectivity index (χ4n) is 1.37.